The number of carbonyl (C=O) groups excluding carboxylic acids is 2. The van der Waals surface area contributed by atoms with E-state index in [-0.39, 0.29) is 23.1 Å². The lowest BCUT2D eigenvalue weighted by molar-refractivity contribution is -0.384. The van der Waals surface area contributed by atoms with Gasteiger partial charge < -0.3 is 10.1 Å². The molecule has 2 rings (SSSR count). The molecule has 0 aromatic heterocycles. The lowest BCUT2D eigenvalue weighted by atomic mass is 10.1. The number of nitrogens with one attached hydrogen (secondary N) is 1. The zero-order valence-electron chi connectivity index (χ0n) is 14.6. The number of amides is 1. The van der Waals surface area contributed by atoms with Crippen molar-refractivity contribution in [3.05, 3.63) is 64.2 Å². The second-order valence-corrected chi connectivity index (χ2v) is 5.75. The van der Waals surface area contributed by atoms with Crippen LogP contribution in [0.2, 0.25) is 0 Å². The van der Waals surface area contributed by atoms with E-state index < -0.39 is 11.0 Å². The fourth-order valence-corrected chi connectivity index (χ4v) is 2.33. The molecule has 0 aliphatic carbocycles. The third-order valence-electron chi connectivity index (χ3n) is 3.64. The molecular formula is C19H20N2O5. The zero-order valence-corrected chi connectivity index (χ0v) is 14.6. The molecular weight excluding hydrogens is 336 g/mol. The number of benzene rings is 2. The predicted octanol–water partition coefficient (Wildman–Crippen LogP) is 3.98. The van der Waals surface area contributed by atoms with Crippen LogP contribution in [0.5, 0.6) is 5.75 Å². The van der Waals surface area contributed by atoms with Gasteiger partial charge in [-0.05, 0) is 43.7 Å². The normalized spacial score (nSPS) is 11.5. The Kier molecular flexibility index (Phi) is 6.43. The first-order valence-corrected chi connectivity index (χ1v) is 8.26. The van der Waals surface area contributed by atoms with Crippen LogP contribution in [0, 0.1) is 10.1 Å². The van der Waals surface area contributed by atoms with E-state index in [0.29, 0.717) is 17.7 Å². The molecule has 2 aromatic rings. The van der Waals surface area contributed by atoms with Crippen LogP contribution in [0.3, 0.4) is 0 Å². The summed E-state index contributed by atoms with van der Waals surface area (Å²) in [5, 5.41) is 13.5. The van der Waals surface area contributed by atoms with E-state index in [2.05, 4.69) is 5.32 Å². The fourth-order valence-electron chi connectivity index (χ4n) is 2.33. The van der Waals surface area contributed by atoms with Gasteiger partial charge in [0, 0.05) is 23.7 Å². The van der Waals surface area contributed by atoms with Crippen LogP contribution >= 0.6 is 0 Å². The number of nitro benzene ring substituents is 1. The van der Waals surface area contributed by atoms with E-state index in [1.165, 1.54) is 18.2 Å². The number of nitrogens with zero attached hydrogens (tertiary/aromatic N) is 1. The third-order valence-corrected chi connectivity index (χ3v) is 3.64. The number of ether oxygens (including phenoxy) is 1. The molecule has 2 aromatic carbocycles. The van der Waals surface area contributed by atoms with Gasteiger partial charge in [-0.3, -0.25) is 19.7 Å². The van der Waals surface area contributed by atoms with E-state index in [0.717, 1.165) is 6.42 Å². The first-order valence-electron chi connectivity index (χ1n) is 8.26. The lowest BCUT2D eigenvalue weighted by Gasteiger charge is -2.14. The standard InChI is InChI=1S/C19H20N2O5/c1-3-5-18(22)20-15-10-8-14(9-11-15)19(23)13(2)26-17-7-4-6-16(12-17)21(24)25/h4,6-13H,3,5H2,1-2H3,(H,20,22)/t13-/m1/s1. The summed E-state index contributed by atoms with van der Waals surface area (Å²) in [6.07, 6.45) is 0.390. The van der Waals surface area contributed by atoms with Gasteiger partial charge in [0.2, 0.25) is 11.7 Å². The van der Waals surface area contributed by atoms with Crippen molar-refractivity contribution < 1.29 is 19.2 Å². The Morgan fingerprint density at radius 2 is 1.88 bits per heavy atom. The van der Waals surface area contributed by atoms with Gasteiger partial charge in [0.05, 0.1) is 11.0 Å². The number of ketones is 1. The van der Waals surface area contributed by atoms with E-state index in [9.17, 15) is 19.7 Å². The quantitative estimate of drug-likeness (QED) is 0.438. The zero-order chi connectivity index (χ0) is 19.1. The van der Waals surface area contributed by atoms with Gasteiger partial charge in [-0.2, -0.15) is 0 Å². The van der Waals surface area contributed by atoms with Crippen molar-refractivity contribution in [1.82, 2.24) is 0 Å². The summed E-state index contributed by atoms with van der Waals surface area (Å²) >= 11 is 0. The molecule has 0 unspecified atom stereocenters. The molecule has 0 heterocycles. The molecule has 7 nitrogen and oxygen atoms in total. The number of rotatable bonds is 8. The maximum absolute atomic E-state index is 12.5. The fraction of sp³-hybridized carbons (Fsp3) is 0.263. The minimum atomic E-state index is -0.808. The number of hydrogen-bond donors (Lipinski definition) is 1. The van der Waals surface area contributed by atoms with Crippen LogP contribution in [0.4, 0.5) is 11.4 Å². The van der Waals surface area contributed by atoms with Crippen molar-refractivity contribution in [1.29, 1.82) is 0 Å². The van der Waals surface area contributed by atoms with Crippen molar-refractivity contribution in [2.75, 3.05) is 5.32 Å². The Morgan fingerprint density at radius 1 is 1.19 bits per heavy atom. The number of nitro groups is 1. The van der Waals surface area contributed by atoms with E-state index >= 15 is 0 Å². The Morgan fingerprint density at radius 3 is 2.50 bits per heavy atom. The molecule has 0 aliphatic heterocycles. The SMILES string of the molecule is CCCC(=O)Nc1ccc(C(=O)[C@@H](C)Oc2cccc([N+](=O)[O-])c2)cc1. The predicted molar refractivity (Wildman–Crippen MR) is 97.5 cm³/mol. The topological polar surface area (TPSA) is 98.5 Å². The summed E-state index contributed by atoms with van der Waals surface area (Å²) in [5.41, 5.74) is 0.943. The first-order chi connectivity index (χ1) is 12.4. The van der Waals surface area contributed by atoms with Crippen LogP contribution in [-0.2, 0) is 4.79 Å². The first kappa shape index (κ1) is 19.1. The van der Waals surface area contributed by atoms with Gasteiger partial charge in [0.1, 0.15) is 5.75 Å². The molecule has 0 spiro atoms. The summed E-state index contributed by atoms with van der Waals surface area (Å²) in [7, 11) is 0. The molecule has 0 aliphatic rings. The van der Waals surface area contributed by atoms with Crippen LogP contribution in [0.1, 0.15) is 37.0 Å². The van der Waals surface area contributed by atoms with Crippen molar-refractivity contribution in [3.63, 3.8) is 0 Å². The van der Waals surface area contributed by atoms with Crippen molar-refractivity contribution in [2.45, 2.75) is 32.8 Å². The average Bonchev–Trinajstić information content (AvgIpc) is 2.62. The van der Waals surface area contributed by atoms with Crippen molar-refractivity contribution in [2.24, 2.45) is 0 Å². The molecule has 26 heavy (non-hydrogen) atoms. The van der Waals surface area contributed by atoms with Crippen LogP contribution < -0.4 is 10.1 Å². The minimum Gasteiger partial charge on any atom is -0.482 e. The number of anilines is 1. The summed E-state index contributed by atoms with van der Waals surface area (Å²) in [4.78, 5) is 34.3. The van der Waals surface area contributed by atoms with Gasteiger partial charge in [0.25, 0.3) is 5.69 Å². The molecule has 0 radical (unpaired) electrons. The number of Topliss-reactive ketones (excluding diaryl/α,β-unsaturated/α-hetero) is 1. The molecule has 1 N–H and O–H groups in total. The highest BCUT2D eigenvalue weighted by molar-refractivity contribution is 6.00. The van der Waals surface area contributed by atoms with Gasteiger partial charge in [-0.15, -0.1) is 0 Å². The summed E-state index contributed by atoms with van der Waals surface area (Å²) in [5.74, 6) is -0.0830. The number of hydrogen-bond acceptors (Lipinski definition) is 5. The Labute approximate surface area is 151 Å². The van der Waals surface area contributed by atoms with E-state index in [1.54, 1.807) is 37.3 Å². The average molecular weight is 356 g/mol. The van der Waals surface area contributed by atoms with Gasteiger partial charge in [0.15, 0.2) is 6.10 Å². The Balaban J connectivity index is 2.02. The summed E-state index contributed by atoms with van der Waals surface area (Å²) in [6.45, 7) is 3.50. The highest BCUT2D eigenvalue weighted by Gasteiger charge is 2.18. The lowest BCUT2D eigenvalue weighted by Crippen LogP contribution is -2.24. The molecule has 0 bridgehead atoms. The maximum Gasteiger partial charge on any atom is 0.273 e. The Bertz CT molecular complexity index is 802. The van der Waals surface area contributed by atoms with Gasteiger partial charge >= 0.3 is 0 Å². The highest BCUT2D eigenvalue weighted by Crippen LogP contribution is 2.21. The molecule has 0 saturated heterocycles. The monoisotopic (exact) mass is 356 g/mol. The molecule has 1 atom stereocenters. The van der Waals surface area contributed by atoms with Crippen LogP contribution in [0.25, 0.3) is 0 Å². The molecule has 7 heteroatoms. The van der Waals surface area contributed by atoms with Crippen LogP contribution in [0.15, 0.2) is 48.5 Å². The largest absolute Gasteiger partial charge is 0.482 e. The van der Waals surface area contributed by atoms with Gasteiger partial charge in [-0.25, -0.2) is 0 Å². The second-order valence-electron chi connectivity index (χ2n) is 5.75. The molecule has 0 saturated carbocycles. The van der Waals surface area contributed by atoms with Crippen molar-refractivity contribution >= 4 is 23.1 Å². The third kappa shape index (κ3) is 5.14. The smallest absolute Gasteiger partial charge is 0.273 e. The Hall–Kier alpha value is -3.22. The highest BCUT2D eigenvalue weighted by atomic mass is 16.6. The van der Waals surface area contributed by atoms with Crippen molar-refractivity contribution in [3.8, 4) is 5.75 Å². The number of carbonyl (C=O) groups is 2. The van der Waals surface area contributed by atoms with Gasteiger partial charge in [-0.1, -0.05) is 13.0 Å². The second kappa shape index (κ2) is 8.75. The summed E-state index contributed by atoms with van der Waals surface area (Å²) in [6, 6.07) is 12.2. The molecule has 1 amide bonds. The minimum absolute atomic E-state index is 0.0750. The molecule has 0 fully saturated rings. The van der Waals surface area contributed by atoms with E-state index in [4.69, 9.17) is 4.74 Å². The van der Waals surface area contributed by atoms with E-state index in [1.807, 2.05) is 6.92 Å². The van der Waals surface area contributed by atoms with Crippen LogP contribution in [-0.4, -0.2) is 22.7 Å². The summed E-state index contributed by atoms with van der Waals surface area (Å²) < 4.78 is 5.52. The maximum atomic E-state index is 12.5. The molecule has 136 valence electrons. The number of non-ortho nitro benzene ring substituents is 1.